The van der Waals surface area contributed by atoms with Gasteiger partial charge in [-0.15, -0.1) is 10.2 Å². The molecule has 1 aromatic carbocycles. The van der Waals surface area contributed by atoms with Crippen molar-refractivity contribution >= 4 is 11.7 Å². The lowest BCUT2D eigenvalue weighted by Crippen LogP contribution is -1.91. The third-order valence-corrected chi connectivity index (χ3v) is 1.92. The van der Waals surface area contributed by atoms with Crippen LogP contribution in [0, 0.1) is 0 Å². The van der Waals surface area contributed by atoms with Gasteiger partial charge in [-0.3, -0.25) is 4.79 Å². The number of benzene rings is 1. The summed E-state index contributed by atoms with van der Waals surface area (Å²) in [6, 6.07) is 11.6. The van der Waals surface area contributed by atoms with E-state index in [0.29, 0.717) is 11.4 Å². The zero-order valence-corrected chi connectivity index (χ0v) is 8.29. The van der Waals surface area contributed by atoms with E-state index in [1.165, 1.54) is 12.1 Å². The predicted molar refractivity (Wildman–Crippen MR) is 57.7 cm³/mol. The highest BCUT2D eigenvalue weighted by molar-refractivity contribution is 5.94. The average Bonchev–Trinajstić information content (AvgIpc) is 2.73. The molecular weight excluding hydrogens is 206 g/mol. The molecular formula is C11H9N3O2. The van der Waals surface area contributed by atoms with Gasteiger partial charge in [0.2, 0.25) is 0 Å². The summed E-state index contributed by atoms with van der Waals surface area (Å²) < 4.78 is 0. The topological polar surface area (TPSA) is 77.8 Å². The first-order valence-electron chi connectivity index (χ1n) is 4.65. The van der Waals surface area contributed by atoms with Crippen molar-refractivity contribution in [2.24, 2.45) is 10.2 Å². The molecule has 1 amide bonds. The highest BCUT2D eigenvalue weighted by Gasteiger charge is 2.02. The Morgan fingerprint density at radius 1 is 1.12 bits per heavy atom. The number of hydrogen-bond acceptors (Lipinski definition) is 3. The molecule has 0 saturated heterocycles. The third kappa shape index (κ3) is 2.33. The summed E-state index contributed by atoms with van der Waals surface area (Å²) in [5, 5.41) is 16.2. The van der Waals surface area contributed by atoms with Crippen LogP contribution in [0.1, 0.15) is 10.4 Å². The fraction of sp³-hybridized carbons (Fsp3) is 0. The minimum absolute atomic E-state index is 0.0129. The van der Waals surface area contributed by atoms with E-state index in [1.54, 1.807) is 24.3 Å². The van der Waals surface area contributed by atoms with Crippen LogP contribution < -0.4 is 0 Å². The Bertz CT molecular complexity index is 517. The number of aromatic nitrogens is 1. The van der Waals surface area contributed by atoms with Gasteiger partial charge in [-0.1, -0.05) is 18.2 Å². The van der Waals surface area contributed by atoms with Gasteiger partial charge in [-0.25, -0.2) is 0 Å². The normalized spacial score (nSPS) is 10.8. The number of rotatable bonds is 2. The second-order valence-corrected chi connectivity index (χ2v) is 3.10. The molecule has 2 N–H and O–H groups in total. The van der Waals surface area contributed by atoms with Crippen LogP contribution in [0.4, 0.5) is 5.82 Å². The van der Waals surface area contributed by atoms with Crippen molar-refractivity contribution in [2.45, 2.75) is 0 Å². The van der Waals surface area contributed by atoms with E-state index in [2.05, 4.69) is 15.2 Å². The number of carbonyl (C=O) groups excluding carboxylic acids is 1. The first kappa shape index (κ1) is 10.1. The minimum Gasteiger partial charge on any atom is -0.495 e. The lowest BCUT2D eigenvalue weighted by Gasteiger charge is -1.91. The largest absolute Gasteiger partial charge is 0.495 e. The molecule has 0 spiro atoms. The zero-order valence-electron chi connectivity index (χ0n) is 8.29. The van der Waals surface area contributed by atoms with Crippen molar-refractivity contribution in [3.8, 4) is 5.88 Å². The van der Waals surface area contributed by atoms with Gasteiger partial charge in [0.15, 0.2) is 11.7 Å². The molecule has 0 radical (unpaired) electrons. The number of carbonyl (C=O) groups is 1. The molecule has 1 heterocycles. The van der Waals surface area contributed by atoms with Gasteiger partial charge in [0, 0.05) is 11.6 Å². The van der Waals surface area contributed by atoms with E-state index in [-0.39, 0.29) is 5.88 Å². The maximum Gasteiger partial charge on any atom is 0.295 e. The molecule has 0 bridgehead atoms. The molecule has 5 heteroatoms. The van der Waals surface area contributed by atoms with Crippen molar-refractivity contribution in [1.82, 2.24) is 4.98 Å². The van der Waals surface area contributed by atoms with Gasteiger partial charge >= 0.3 is 0 Å². The van der Waals surface area contributed by atoms with Crippen molar-refractivity contribution in [1.29, 1.82) is 0 Å². The molecule has 2 rings (SSSR count). The summed E-state index contributed by atoms with van der Waals surface area (Å²) >= 11 is 0. The Labute approximate surface area is 91.5 Å². The molecule has 5 nitrogen and oxygen atoms in total. The second-order valence-electron chi connectivity index (χ2n) is 3.10. The summed E-state index contributed by atoms with van der Waals surface area (Å²) in [5.41, 5.74) is 0.474. The minimum atomic E-state index is -0.422. The lowest BCUT2D eigenvalue weighted by atomic mass is 10.2. The SMILES string of the molecule is O=C(N=Nc1ccc(O)[nH]1)c1ccccc1. The quantitative estimate of drug-likeness (QED) is 0.755. The summed E-state index contributed by atoms with van der Waals surface area (Å²) in [7, 11) is 0. The summed E-state index contributed by atoms with van der Waals surface area (Å²) in [5.74, 6) is -0.0995. The average molecular weight is 215 g/mol. The number of aromatic hydroxyl groups is 1. The molecule has 0 fully saturated rings. The van der Waals surface area contributed by atoms with Gasteiger partial charge < -0.3 is 10.1 Å². The van der Waals surface area contributed by atoms with E-state index in [0.717, 1.165) is 0 Å². The van der Waals surface area contributed by atoms with Gasteiger partial charge in [0.05, 0.1) is 0 Å². The van der Waals surface area contributed by atoms with Gasteiger partial charge in [0.1, 0.15) is 0 Å². The second kappa shape index (κ2) is 4.39. The Balaban J connectivity index is 2.11. The maximum atomic E-state index is 11.5. The number of nitrogens with one attached hydrogen (secondary N) is 1. The van der Waals surface area contributed by atoms with Crippen molar-refractivity contribution < 1.29 is 9.90 Å². The van der Waals surface area contributed by atoms with Crippen LogP contribution in [0.3, 0.4) is 0 Å². The zero-order chi connectivity index (χ0) is 11.4. The van der Waals surface area contributed by atoms with Crippen molar-refractivity contribution in [3.63, 3.8) is 0 Å². The fourth-order valence-corrected chi connectivity index (χ4v) is 1.17. The van der Waals surface area contributed by atoms with Gasteiger partial charge in [-0.2, -0.15) is 0 Å². The van der Waals surface area contributed by atoms with Crippen LogP contribution in [-0.2, 0) is 0 Å². The molecule has 0 unspecified atom stereocenters. The van der Waals surface area contributed by atoms with E-state index >= 15 is 0 Å². The van der Waals surface area contributed by atoms with Crippen LogP contribution in [0.2, 0.25) is 0 Å². The Kier molecular flexibility index (Phi) is 2.77. The Morgan fingerprint density at radius 2 is 1.88 bits per heavy atom. The molecule has 0 atom stereocenters. The van der Waals surface area contributed by atoms with Gasteiger partial charge in [0.25, 0.3) is 5.91 Å². The smallest absolute Gasteiger partial charge is 0.295 e. The summed E-state index contributed by atoms with van der Waals surface area (Å²) in [4.78, 5) is 14.0. The number of nitrogens with zero attached hydrogens (tertiary/aromatic N) is 2. The molecule has 2 aromatic rings. The van der Waals surface area contributed by atoms with Crippen LogP contribution in [0.25, 0.3) is 0 Å². The fourth-order valence-electron chi connectivity index (χ4n) is 1.17. The number of aromatic amines is 1. The maximum absolute atomic E-state index is 11.5. The molecule has 0 saturated carbocycles. The van der Waals surface area contributed by atoms with Crippen molar-refractivity contribution in [3.05, 3.63) is 48.0 Å². The summed E-state index contributed by atoms with van der Waals surface area (Å²) in [6.07, 6.45) is 0. The third-order valence-electron chi connectivity index (χ3n) is 1.92. The molecule has 0 aliphatic rings. The van der Waals surface area contributed by atoms with Crippen LogP contribution >= 0.6 is 0 Å². The van der Waals surface area contributed by atoms with E-state index in [4.69, 9.17) is 5.11 Å². The number of H-pyrrole nitrogens is 1. The molecule has 16 heavy (non-hydrogen) atoms. The summed E-state index contributed by atoms with van der Waals surface area (Å²) in [6.45, 7) is 0. The monoisotopic (exact) mass is 215 g/mol. The Morgan fingerprint density at radius 3 is 2.50 bits per heavy atom. The van der Waals surface area contributed by atoms with E-state index < -0.39 is 5.91 Å². The first-order chi connectivity index (χ1) is 7.75. The van der Waals surface area contributed by atoms with Gasteiger partial charge in [-0.05, 0) is 18.2 Å². The molecule has 0 aliphatic carbocycles. The highest BCUT2D eigenvalue weighted by atomic mass is 16.3. The molecule has 0 aliphatic heterocycles. The first-order valence-corrected chi connectivity index (χ1v) is 4.65. The standard InChI is InChI=1S/C11H9N3O2/c15-10-7-6-9(12-10)13-14-11(16)8-4-2-1-3-5-8/h1-7,12,15H. The number of azo groups is 1. The Hall–Kier alpha value is -2.43. The van der Waals surface area contributed by atoms with E-state index in [1.807, 2.05) is 6.07 Å². The molecule has 80 valence electrons. The van der Waals surface area contributed by atoms with Crippen molar-refractivity contribution in [2.75, 3.05) is 0 Å². The predicted octanol–water partition coefficient (Wildman–Crippen LogP) is 2.64. The lowest BCUT2D eigenvalue weighted by molar-refractivity contribution is 0.0995. The highest BCUT2D eigenvalue weighted by Crippen LogP contribution is 2.15. The van der Waals surface area contributed by atoms with Crippen LogP contribution in [-0.4, -0.2) is 16.0 Å². The molecule has 1 aromatic heterocycles. The van der Waals surface area contributed by atoms with Crippen LogP contribution in [0.15, 0.2) is 52.7 Å². The van der Waals surface area contributed by atoms with E-state index in [9.17, 15) is 4.79 Å². The van der Waals surface area contributed by atoms with Crippen LogP contribution in [0.5, 0.6) is 5.88 Å². The number of hydrogen-bond donors (Lipinski definition) is 2. The number of amides is 1.